The van der Waals surface area contributed by atoms with Crippen molar-refractivity contribution in [3.8, 4) is 0 Å². The largest absolute Gasteiger partial charge is 0.370 e. The Morgan fingerprint density at radius 3 is 2.25 bits per heavy atom. The molecule has 0 spiro atoms. The smallest absolute Gasteiger partial charge is 0.0828 e. The molecule has 0 N–H and O–H groups in total. The lowest BCUT2D eigenvalue weighted by Gasteiger charge is -2.39. The number of hydrogen-bond acceptors (Lipinski definition) is 2. The molecule has 4 rings (SSSR count). The normalized spacial score (nSPS) is 25.5. The zero-order chi connectivity index (χ0) is 19.2. The van der Waals surface area contributed by atoms with Gasteiger partial charge in [0.2, 0.25) is 0 Å². The molecule has 0 aliphatic carbocycles. The molecule has 2 heteroatoms. The third kappa shape index (κ3) is 4.74. The highest BCUT2D eigenvalue weighted by Crippen LogP contribution is 2.39. The van der Waals surface area contributed by atoms with Crippen molar-refractivity contribution in [1.82, 2.24) is 4.90 Å². The Hall–Kier alpha value is -1.90. The maximum atomic E-state index is 6.77. The van der Waals surface area contributed by atoms with Crippen LogP contribution in [0.3, 0.4) is 0 Å². The number of fused-ring (bicyclic) bond motifs is 2. The Kier molecular flexibility index (Phi) is 6.61. The minimum atomic E-state index is 0.209. The lowest BCUT2D eigenvalue weighted by Crippen LogP contribution is -2.45. The Bertz CT molecular complexity index is 715. The zero-order valence-corrected chi connectivity index (χ0v) is 16.9. The maximum absolute atomic E-state index is 6.77. The third-order valence-corrected chi connectivity index (χ3v) is 6.48. The molecule has 148 valence electrons. The molecule has 2 aromatic rings. The van der Waals surface area contributed by atoms with Gasteiger partial charge in [-0.2, -0.15) is 0 Å². The summed E-state index contributed by atoms with van der Waals surface area (Å²) in [4.78, 5) is 2.65. The minimum Gasteiger partial charge on any atom is -0.370 e. The topological polar surface area (TPSA) is 12.5 Å². The van der Waals surface area contributed by atoms with Crippen LogP contribution in [0.1, 0.15) is 55.8 Å². The van der Waals surface area contributed by atoms with Gasteiger partial charge in [0.25, 0.3) is 0 Å². The summed E-state index contributed by atoms with van der Waals surface area (Å²) in [5.41, 5.74) is 2.75. The number of aryl methyl sites for hydroxylation is 1. The van der Waals surface area contributed by atoms with Gasteiger partial charge < -0.3 is 4.74 Å². The van der Waals surface area contributed by atoms with Crippen LogP contribution in [0.2, 0.25) is 0 Å². The first-order valence-corrected chi connectivity index (χ1v) is 10.9. The van der Waals surface area contributed by atoms with Gasteiger partial charge in [-0.25, -0.2) is 0 Å². The van der Waals surface area contributed by atoms with Crippen molar-refractivity contribution in [2.75, 3.05) is 6.54 Å². The van der Waals surface area contributed by atoms with Crippen molar-refractivity contribution in [3.05, 3.63) is 84.4 Å². The summed E-state index contributed by atoms with van der Waals surface area (Å²) < 4.78 is 6.77. The highest BCUT2D eigenvalue weighted by Gasteiger charge is 2.41. The molecule has 4 atom stereocenters. The number of rotatable bonds is 9. The molecule has 2 heterocycles. The number of piperidine rings is 1. The summed E-state index contributed by atoms with van der Waals surface area (Å²) in [6.07, 6.45) is 11.0. The number of hydrogen-bond donors (Lipinski definition) is 0. The van der Waals surface area contributed by atoms with Crippen molar-refractivity contribution in [3.63, 3.8) is 0 Å². The molecule has 2 unspecified atom stereocenters. The van der Waals surface area contributed by atoms with E-state index in [0.717, 1.165) is 25.8 Å². The fourth-order valence-corrected chi connectivity index (χ4v) is 5.13. The van der Waals surface area contributed by atoms with Gasteiger partial charge in [0.1, 0.15) is 0 Å². The van der Waals surface area contributed by atoms with Crippen LogP contribution >= 0.6 is 0 Å². The Balaban J connectivity index is 1.38. The van der Waals surface area contributed by atoms with Crippen molar-refractivity contribution < 1.29 is 4.74 Å². The average Bonchev–Trinajstić information content (AvgIpc) is 2.97. The van der Waals surface area contributed by atoms with Gasteiger partial charge in [-0.1, -0.05) is 66.7 Å². The van der Waals surface area contributed by atoms with Gasteiger partial charge in [-0.05, 0) is 56.1 Å². The molecule has 28 heavy (non-hydrogen) atoms. The molecule has 0 radical (unpaired) electrons. The molecular formula is C26H33NO. The van der Waals surface area contributed by atoms with E-state index in [1.807, 2.05) is 0 Å². The van der Waals surface area contributed by atoms with Crippen molar-refractivity contribution in [2.24, 2.45) is 0 Å². The molecule has 2 aliphatic rings. The molecular weight excluding hydrogens is 342 g/mol. The highest BCUT2D eigenvalue weighted by atomic mass is 16.5. The standard InChI is InChI=1S/C26H33NO/c1-2-18-27-23-16-17-24(27)20-25(19-23)28-26(22-13-7-4-8-14-22)15-9-12-21-10-5-3-6-11-21/h2-8,10-11,13-14,23-26H,1,9,12,15-20H2/t23-,24+,25?,26?. The fourth-order valence-electron chi connectivity index (χ4n) is 5.13. The van der Waals surface area contributed by atoms with Crippen LogP contribution in [-0.4, -0.2) is 29.6 Å². The maximum Gasteiger partial charge on any atom is 0.0828 e. The minimum absolute atomic E-state index is 0.209. The Labute approximate surface area is 170 Å². The van der Waals surface area contributed by atoms with Crippen LogP contribution in [-0.2, 0) is 11.2 Å². The average molecular weight is 376 g/mol. The van der Waals surface area contributed by atoms with E-state index in [-0.39, 0.29) is 6.10 Å². The van der Waals surface area contributed by atoms with E-state index in [0.29, 0.717) is 18.2 Å². The SMILES string of the molecule is C=CCN1[C@@H]2CC[C@H]1CC(OC(CCCc1ccccc1)c1ccccc1)C2. The second-order valence-electron chi connectivity index (χ2n) is 8.38. The quantitative estimate of drug-likeness (QED) is 0.502. The van der Waals surface area contributed by atoms with E-state index in [1.165, 1.54) is 36.8 Å². The third-order valence-electron chi connectivity index (χ3n) is 6.48. The van der Waals surface area contributed by atoms with E-state index in [2.05, 4.69) is 78.2 Å². The first-order chi connectivity index (χ1) is 13.8. The first-order valence-electron chi connectivity index (χ1n) is 10.9. The Morgan fingerprint density at radius 2 is 1.61 bits per heavy atom. The second kappa shape index (κ2) is 9.54. The molecule has 2 bridgehead atoms. The predicted octanol–water partition coefficient (Wildman–Crippen LogP) is 5.95. The molecule has 0 aromatic heterocycles. The summed E-state index contributed by atoms with van der Waals surface area (Å²) in [5.74, 6) is 0. The van der Waals surface area contributed by atoms with Crippen LogP contribution < -0.4 is 0 Å². The molecule has 0 amide bonds. The number of ether oxygens (including phenoxy) is 1. The first kappa shape index (κ1) is 19.4. The van der Waals surface area contributed by atoms with Gasteiger partial charge >= 0.3 is 0 Å². The van der Waals surface area contributed by atoms with Crippen molar-refractivity contribution >= 4 is 0 Å². The van der Waals surface area contributed by atoms with Crippen LogP contribution in [0.4, 0.5) is 0 Å². The van der Waals surface area contributed by atoms with Gasteiger partial charge in [0, 0.05) is 18.6 Å². The van der Waals surface area contributed by atoms with Crippen LogP contribution in [0.25, 0.3) is 0 Å². The number of benzene rings is 2. The van der Waals surface area contributed by atoms with E-state index in [4.69, 9.17) is 4.74 Å². The monoisotopic (exact) mass is 375 g/mol. The summed E-state index contributed by atoms with van der Waals surface area (Å²) in [5, 5.41) is 0. The van der Waals surface area contributed by atoms with Crippen molar-refractivity contribution in [2.45, 2.75) is 69.2 Å². The molecule has 0 saturated carbocycles. The molecule has 2 saturated heterocycles. The lowest BCUT2D eigenvalue weighted by molar-refractivity contribution is -0.0638. The van der Waals surface area contributed by atoms with Gasteiger partial charge in [0.05, 0.1) is 12.2 Å². The summed E-state index contributed by atoms with van der Waals surface area (Å²) >= 11 is 0. The van der Waals surface area contributed by atoms with Gasteiger partial charge in [-0.15, -0.1) is 6.58 Å². The molecule has 2 fully saturated rings. The van der Waals surface area contributed by atoms with Crippen LogP contribution in [0.5, 0.6) is 0 Å². The summed E-state index contributed by atoms with van der Waals surface area (Å²) in [6, 6.07) is 23.0. The fraction of sp³-hybridized carbons (Fsp3) is 0.462. The van der Waals surface area contributed by atoms with Crippen molar-refractivity contribution in [1.29, 1.82) is 0 Å². The van der Waals surface area contributed by atoms with E-state index < -0.39 is 0 Å². The summed E-state index contributed by atoms with van der Waals surface area (Å²) in [7, 11) is 0. The van der Waals surface area contributed by atoms with E-state index >= 15 is 0 Å². The Morgan fingerprint density at radius 1 is 0.964 bits per heavy atom. The lowest BCUT2D eigenvalue weighted by atomic mass is 9.97. The summed E-state index contributed by atoms with van der Waals surface area (Å²) in [6.45, 7) is 4.97. The molecule has 2 nitrogen and oxygen atoms in total. The zero-order valence-electron chi connectivity index (χ0n) is 16.9. The highest BCUT2D eigenvalue weighted by molar-refractivity contribution is 5.18. The van der Waals surface area contributed by atoms with E-state index in [1.54, 1.807) is 0 Å². The van der Waals surface area contributed by atoms with E-state index in [9.17, 15) is 0 Å². The van der Waals surface area contributed by atoms with Crippen LogP contribution in [0, 0.1) is 0 Å². The number of nitrogens with zero attached hydrogens (tertiary/aromatic N) is 1. The van der Waals surface area contributed by atoms with Gasteiger partial charge in [0.15, 0.2) is 0 Å². The molecule has 2 aliphatic heterocycles. The van der Waals surface area contributed by atoms with Crippen LogP contribution in [0.15, 0.2) is 73.3 Å². The predicted molar refractivity (Wildman–Crippen MR) is 116 cm³/mol. The molecule has 2 aromatic carbocycles. The van der Waals surface area contributed by atoms with Gasteiger partial charge in [-0.3, -0.25) is 4.90 Å². The second-order valence-corrected chi connectivity index (χ2v) is 8.38.